The molecule has 25 heavy (non-hydrogen) atoms. The summed E-state index contributed by atoms with van der Waals surface area (Å²) in [6.07, 6.45) is -1.05. The van der Waals surface area contributed by atoms with Crippen molar-refractivity contribution in [2.75, 3.05) is 7.05 Å². The van der Waals surface area contributed by atoms with Crippen LogP contribution in [0.2, 0.25) is 0 Å². The first-order valence-electron chi connectivity index (χ1n) is 7.59. The van der Waals surface area contributed by atoms with E-state index in [-0.39, 0.29) is 12.4 Å². The zero-order valence-corrected chi connectivity index (χ0v) is 14.3. The molecule has 0 aliphatic rings. The van der Waals surface area contributed by atoms with E-state index in [1.165, 1.54) is 24.9 Å². The van der Waals surface area contributed by atoms with Crippen molar-refractivity contribution in [3.8, 4) is 11.3 Å². The Morgan fingerprint density at radius 2 is 1.84 bits per heavy atom. The van der Waals surface area contributed by atoms with Crippen molar-refractivity contribution in [2.24, 2.45) is 0 Å². The number of carboxylic acid groups (broad SMARTS) is 1. The van der Waals surface area contributed by atoms with Gasteiger partial charge in [-0.2, -0.15) is 0 Å². The molecule has 0 bridgehead atoms. The first-order chi connectivity index (χ1) is 12.0. The Kier molecular flexibility index (Phi) is 5.09. The number of benzene rings is 2. The fraction of sp³-hybridized carbons (Fsp3) is 0.105. The Morgan fingerprint density at radius 3 is 2.52 bits per heavy atom. The highest BCUT2D eigenvalue weighted by Crippen LogP contribution is 2.39. The van der Waals surface area contributed by atoms with Crippen LogP contribution in [0.1, 0.15) is 5.76 Å². The van der Waals surface area contributed by atoms with E-state index in [0.29, 0.717) is 17.1 Å². The zero-order chi connectivity index (χ0) is 17.8. The predicted molar refractivity (Wildman–Crippen MR) is 94.2 cm³/mol. The summed E-state index contributed by atoms with van der Waals surface area (Å²) in [6.45, 7) is 0.0894. The number of amides is 1. The average molecular weight is 357 g/mol. The molecular weight excluding hydrogens is 341 g/mol. The number of hydrogen-bond donors (Lipinski definition) is 1. The number of rotatable bonds is 5. The van der Waals surface area contributed by atoms with Crippen LogP contribution in [0.15, 0.2) is 74.9 Å². The minimum Gasteiger partial charge on any atom is -0.465 e. The molecule has 0 spiro atoms. The molecule has 1 aromatic heterocycles. The minimum absolute atomic E-state index is 0.0894. The van der Waals surface area contributed by atoms with Gasteiger partial charge in [0, 0.05) is 11.9 Å². The Balaban J connectivity index is 2.00. The highest BCUT2D eigenvalue weighted by molar-refractivity contribution is 7.99. The van der Waals surface area contributed by atoms with Crippen LogP contribution in [0.3, 0.4) is 0 Å². The summed E-state index contributed by atoms with van der Waals surface area (Å²) in [5.41, 5.74) is 0.352. The van der Waals surface area contributed by atoms with Gasteiger partial charge in [-0.05, 0) is 30.3 Å². The van der Waals surface area contributed by atoms with Crippen LogP contribution >= 0.6 is 11.8 Å². The van der Waals surface area contributed by atoms with Crippen molar-refractivity contribution in [3.05, 3.63) is 72.2 Å². The molecule has 4 nitrogen and oxygen atoms in total. The summed E-state index contributed by atoms with van der Waals surface area (Å²) in [5.74, 6) is 0.479. The first-order valence-corrected chi connectivity index (χ1v) is 8.41. The van der Waals surface area contributed by atoms with Crippen LogP contribution in [0.25, 0.3) is 11.3 Å². The molecular formula is C19H16FNO3S. The molecule has 3 rings (SSSR count). The molecule has 3 aromatic rings. The lowest BCUT2D eigenvalue weighted by molar-refractivity contribution is 0.150. The SMILES string of the molecule is CN(Cc1cc(Sc2ccccc2)c(-c2ccccc2F)o1)C(=O)O. The van der Waals surface area contributed by atoms with Gasteiger partial charge in [0.15, 0.2) is 5.76 Å². The number of nitrogens with zero attached hydrogens (tertiary/aromatic N) is 1. The van der Waals surface area contributed by atoms with Crippen molar-refractivity contribution in [1.29, 1.82) is 0 Å². The molecule has 0 fully saturated rings. The number of halogens is 1. The number of hydrogen-bond acceptors (Lipinski definition) is 3. The lowest BCUT2D eigenvalue weighted by atomic mass is 10.1. The van der Waals surface area contributed by atoms with Gasteiger partial charge in [0.05, 0.1) is 17.0 Å². The maximum atomic E-state index is 14.2. The lowest BCUT2D eigenvalue weighted by Gasteiger charge is -2.09. The fourth-order valence-electron chi connectivity index (χ4n) is 2.33. The second-order valence-corrected chi connectivity index (χ2v) is 6.56. The third-order valence-corrected chi connectivity index (χ3v) is 4.59. The molecule has 0 aliphatic carbocycles. The van der Waals surface area contributed by atoms with Gasteiger partial charge in [-0.25, -0.2) is 9.18 Å². The van der Waals surface area contributed by atoms with Crippen molar-refractivity contribution in [3.63, 3.8) is 0 Å². The van der Waals surface area contributed by atoms with Crippen LogP contribution in [-0.2, 0) is 6.54 Å². The second kappa shape index (κ2) is 7.44. The van der Waals surface area contributed by atoms with Crippen LogP contribution < -0.4 is 0 Å². The third-order valence-electron chi connectivity index (χ3n) is 3.56. The van der Waals surface area contributed by atoms with Gasteiger partial charge in [-0.3, -0.25) is 0 Å². The van der Waals surface area contributed by atoms with E-state index in [0.717, 1.165) is 14.7 Å². The van der Waals surface area contributed by atoms with Crippen molar-refractivity contribution >= 4 is 17.9 Å². The molecule has 6 heteroatoms. The summed E-state index contributed by atoms with van der Waals surface area (Å²) in [4.78, 5) is 13.9. The normalized spacial score (nSPS) is 10.6. The van der Waals surface area contributed by atoms with Gasteiger partial charge in [0.25, 0.3) is 0 Å². The highest BCUT2D eigenvalue weighted by atomic mass is 32.2. The van der Waals surface area contributed by atoms with Gasteiger partial charge in [0.2, 0.25) is 0 Å². The largest absolute Gasteiger partial charge is 0.465 e. The Labute approximate surface area is 148 Å². The molecule has 0 aliphatic heterocycles. The fourth-order valence-corrected chi connectivity index (χ4v) is 3.31. The van der Waals surface area contributed by atoms with Crippen LogP contribution in [-0.4, -0.2) is 23.1 Å². The van der Waals surface area contributed by atoms with E-state index in [1.807, 2.05) is 30.3 Å². The molecule has 0 saturated heterocycles. The minimum atomic E-state index is -1.05. The maximum Gasteiger partial charge on any atom is 0.407 e. The third kappa shape index (κ3) is 4.03. The van der Waals surface area contributed by atoms with Crippen molar-refractivity contribution < 1.29 is 18.7 Å². The average Bonchev–Trinajstić information content (AvgIpc) is 2.98. The Hall–Kier alpha value is -2.73. The van der Waals surface area contributed by atoms with Crippen molar-refractivity contribution in [2.45, 2.75) is 16.3 Å². The molecule has 2 aromatic carbocycles. The zero-order valence-electron chi connectivity index (χ0n) is 13.5. The number of furan rings is 1. The van der Waals surface area contributed by atoms with Gasteiger partial charge < -0.3 is 14.4 Å². The first kappa shape index (κ1) is 17.1. The molecule has 1 amide bonds. The van der Waals surface area contributed by atoms with E-state index in [9.17, 15) is 9.18 Å². The standard InChI is InChI=1S/C19H16FNO3S/c1-21(19(22)23)12-13-11-17(25-14-7-3-2-4-8-14)18(24-13)15-9-5-6-10-16(15)20/h2-11H,12H2,1H3,(H,22,23). The molecule has 0 atom stereocenters. The van der Waals surface area contributed by atoms with Crippen molar-refractivity contribution in [1.82, 2.24) is 4.90 Å². The monoisotopic (exact) mass is 357 g/mol. The second-order valence-electron chi connectivity index (χ2n) is 5.44. The van der Waals surface area contributed by atoms with Gasteiger partial charge in [-0.15, -0.1) is 0 Å². The molecule has 1 heterocycles. The summed E-state index contributed by atoms with van der Waals surface area (Å²) in [5, 5.41) is 9.03. The summed E-state index contributed by atoms with van der Waals surface area (Å²) >= 11 is 1.45. The molecule has 0 saturated carbocycles. The molecule has 0 unspecified atom stereocenters. The summed E-state index contributed by atoms with van der Waals surface area (Å²) < 4.78 is 20.0. The summed E-state index contributed by atoms with van der Waals surface area (Å²) in [7, 11) is 1.46. The van der Waals surface area contributed by atoms with Gasteiger partial charge in [-0.1, -0.05) is 42.1 Å². The quantitative estimate of drug-likeness (QED) is 0.669. The lowest BCUT2D eigenvalue weighted by Crippen LogP contribution is -2.23. The van der Waals surface area contributed by atoms with E-state index in [2.05, 4.69) is 0 Å². The maximum absolute atomic E-state index is 14.2. The van der Waals surface area contributed by atoms with Crippen LogP contribution in [0.5, 0.6) is 0 Å². The van der Waals surface area contributed by atoms with E-state index >= 15 is 0 Å². The van der Waals surface area contributed by atoms with Gasteiger partial charge >= 0.3 is 6.09 Å². The Bertz CT molecular complexity index is 879. The van der Waals surface area contributed by atoms with Crippen LogP contribution in [0, 0.1) is 5.82 Å². The summed E-state index contributed by atoms with van der Waals surface area (Å²) in [6, 6.07) is 17.8. The van der Waals surface area contributed by atoms with E-state index in [4.69, 9.17) is 9.52 Å². The van der Waals surface area contributed by atoms with Crippen LogP contribution in [0.4, 0.5) is 9.18 Å². The molecule has 1 N–H and O–H groups in total. The predicted octanol–water partition coefficient (Wildman–Crippen LogP) is 5.35. The topological polar surface area (TPSA) is 53.7 Å². The van der Waals surface area contributed by atoms with Gasteiger partial charge in [0.1, 0.15) is 11.6 Å². The Morgan fingerprint density at radius 1 is 1.16 bits per heavy atom. The number of carbonyl (C=O) groups is 1. The molecule has 0 radical (unpaired) electrons. The smallest absolute Gasteiger partial charge is 0.407 e. The van der Waals surface area contributed by atoms with E-state index in [1.54, 1.807) is 24.3 Å². The highest BCUT2D eigenvalue weighted by Gasteiger charge is 2.19. The van der Waals surface area contributed by atoms with E-state index < -0.39 is 6.09 Å². The molecule has 128 valence electrons.